The van der Waals surface area contributed by atoms with E-state index in [0.29, 0.717) is 13.2 Å². The Morgan fingerprint density at radius 2 is 0.571 bits per heavy atom. The van der Waals surface area contributed by atoms with Gasteiger partial charge in [-0.15, -0.1) is 0 Å². The third kappa shape index (κ3) is 8.54. The van der Waals surface area contributed by atoms with Crippen molar-refractivity contribution in [2.24, 2.45) is 0 Å². The van der Waals surface area contributed by atoms with Crippen LogP contribution in [0.2, 0.25) is 0 Å². The lowest BCUT2D eigenvalue weighted by Crippen LogP contribution is -2.33. The van der Waals surface area contributed by atoms with E-state index < -0.39 is 14.5 Å². The Morgan fingerprint density at radius 3 is 0.786 bits per heavy atom. The van der Waals surface area contributed by atoms with Gasteiger partial charge in [-0.3, -0.25) is 0 Å². The van der Waals surface area contributed by atoms with Gasteiger partial charge in [-0.2, -0.15) is 0 Å². The van der Waals surface area contributed by atoms with Crippen LogP contribution >= 0.6 is 14.5 Å². The van der Waals surface area contributed by atoms with E-state index in [0.717, 1.165) is 49.5 Å². The predicted octanol–water partition coefficient (Wildman–Crippen LogP) is 11.0. The van der Waals surface area contributed by atoms with E-state index in [1.165, 1.54) is 43.0 Å². The summed E-state index contributed by atoms with van der Waals surface area (Å²) in [5.41, 5.74) is 2.40. The number of benzene rings is 7. The molecule has 0 fully saturated rings. The average molecular weight is 773 g/mol. The van der Waals surface area contributed by atoms with Gasteiger partial charge in [-0.05, 0) is 97.8 Å². The Balaban J connectivity index is 1.48. The van der Waals surface area contributed by atoms with E-state index in [2.05, 4.69) is 208 Å². The van der Waals surface area contributed by atoms with Crippen molar-refractivity contribution in [3.05, 3.63) is 205 Å². The van der Waals surface area contributed by atoms with E-state index in [1.54, 1.807) is 0 Å². The second kappa shape index (κ2) is 19.2. The smallest absolute Gasteiger partial charge is 0.126 e. The summed E-state index contributed by atoms with van der Waals surface area (Å²) in [6.45, 7) is 5.80. The Labute approximate surface area is 336 Å². The first-order valence-corrected chi connectivity index (χ1v) is 24.1. The molecule has 0 N–H and O–H groups in total. The van der Waals surface area contributed by atoms with Gasteiger partial charge < -0.3 is 9.47 Å². The van der Waals surface area contributed by atoms with Crippen molar-refractivity contribution < 1.29 is 9.47 Å². The first-order valence-electron chi connectivity index (χ1n) is 20.2. The second-order valence-corrected chi connectivity index (χ2v) is 21.4. The lowest BCUT2D eigenvalue weighted by molar-refractivity contribution is 0.297. The minimum Gasteiger partial charge on any atom is -0.493 e. The fourth-order valence-corrected chi connectivity index (χ4v) is 16.3. The lowest BCUT2D eigenvalue weighted by Gasteiger charge is -2.30. The Morgan fingerprint density at radius 1 is 0.339 bits per heavy atom. The van der Waals surface area contributed by atoms with E-state index in [9.17, 15) is 0 Å². The van der Waals surface area contributed by atoms with Gasteiger partial charge in [0, 0.05) is 11.1 Å². The van der Waals surface area contributed by atoms with Crippen molar-refractivity contribution in [2.75, 3.05) is 13.2 Å². The van der Waals surface area contributed by atoms with E-state index >= 15 is 0 Å². The van der Waals surface area contributed by atoms with Crippen LogP contribution in [0.4, 0.5) is 0 Å². The zero-order chi connectivity index (χ0) is 38.5. The summed E-state index contributed by atoms with van der Waals surface area (Å²) in [6, 6.07) is 71.8. The fourth-order valence-electron chi connectivity index (χ4n) is 7.86. The highest BCUT2D eigenvalue weighted by Crippen LogP contribution is 2.62. The summed E-state index contributed by atoms with van der Waals surface area (Å²) in [5.74, 6) is 1.94. The fraction of sp³-hybridized carbons (Fsp3) is 0.192. The predicted molar refractivity (Wildman–Crippen MR) is 245 cm³/mol. The summed E-state index contributed by atoms with van der Waals surface area (Å²) in [4.78, 5) is 0. The van der Waals surface area contributed by atoms with E-state index in [-0.39, 0.29) is 0 Å². The molecule has 2 nitrogen and oxygen atoms in total. The van der Waals surface area contributed by atoms with Gasteiger partial charge in [0.25, 0.3) is 0 Å². The van der Waals surface area contributed by atoms with Crippen molar-refractivity contribution >= 4 is 46.4 Å². The van der Waals surface area contributed by atoms with Crippen LogP contribution in [-0.4, -0.2) is 13.2 Å². The summed E-state index contributed by atoms with van der Waals surface area (Å²) >= 11 is 0. The van der Waals surface area contributed by atoms with Crippen molar-refractivity contribution in [2.45, 2.75) is 51.9 Å². The lowest BCUT2D eigenvalue weighted by atomic mass is 10.1. The monoisotopic (exact) mass is 772 g/mol. The maximum Gasteiger partial charge on any atom is 0.126 e. The molecule has 282 valence electrons. The first kappa shape index (κ1) is 39.2. The molecule has 7 rings (SSSR count). The van der Waals surface area contributed by atoms with Gasteiger partial charge in [0.2, 0.25) is 0 Å². The topological polar surface area (TPSA) is 18.5 Å². The van der Waals surface area contributed by atoms with Crippen molar-refractivity contribution in [1.29, 1.82) is 0 Å². The third-order valence-corrected chi connectivity index (χ3v) is 19.5. The average Bonchev–Trinajstić information content (AvgIpc) is 3.27. The molecule has 56 heavy (non-hydrogen) atoms. The van der Waals surface area contributed by atoms with Crippen LogP contribution in [0.1, 0.15) is 50.7 Å². The summed E-state index contributed by atoms with van der Waals surface area (Å²) in [6.07, 6.45) is 5.75. The molecule has 7 aromatic carbocycles. The number of hydrogen-bond acceptors (Lipinski definition) is 2. The molecule has 0 heterocycles. The quantitative estimate of drug-likeness (QED) is 0.0639. The zero-order valence-corrected chi connectivity index (χ0v) is 34.6. The van der Waals surface area contributed by atoms with Crippen LogP contribution in [0.15, 0.2) is 194 Å². The molecule has 0 radical (unpaired) electrons. The molecule has 0 aliphatic carbocycles. The molecule has 0 unspecified atom stereocenters. The summed E-state index contributed by atoms with van der Waals surface area (Å²) in [7, 11) is -4.44. The minimum absolute atomic E-state index is 0.669. The second-order valence-electron chi connectivity index (χ2n) is 14.4. The van der Waals surface area contributed by atoms with Crippen LogP contribution < -0.4 is 41.3 Å². The first-order chi connectivity index (χ1) is 27.7. The van der Waals surface area contributed by atoms with Gasteiger partial charge in [-0.25, -0.2) is 0 Å². The molecular formula is C52H54O2P2+2. The molecular weight excluding hydrogens is 719 g/mol. The third-order valence-electron chi connectivity index (χ3n) is 10.8. The molecule has 0 aliphatic rings. The molecule has 7 aromatic rings. The van der Waals surface area contributed by atoms with Gasteiger partial charge in [0.05, 0.1) is 13.2 Å². The van der Waals surface area contributed by atoms with Crippen molar-refractivity contribution in [3.8, 4) is 11.5 Å². The SMILES string of the molecule is CCCCOc1cc(C[P+](c2ccccc2)(c2ccccc2)c2ccccc2)c(OCCCC)cc1C[P+](c1ccccc1)(c1ccccc1)c1ccccc1. The molecule has 0 atom stereocenters. The van der Waals surface area contributed by atoms with Crippen LogP contribution in [0, 0.1) is 0 Å². The summed E-state index contributed by atoms with van der Waals surface area (Å²) in [5, 5.41) is 8.15. The molecule has 0 aliphatic heterocycles. The highest BCUT2D eigenvalue weighted by molar-refractivity contribution is 7.95. The van der Waals surface area contributed by atoms with Crippen LogP contribution in [0.25, 0.3) is 0 Å². The van der Waals surface area contributed by atoms with Gasteiger partial charge in [-0.1, -0.05) is 136 Å². The highest BCUT2D eigenvalue weighted by Gasteiger charge is 2.48. The molecule has 0 amide bonds. The Bertz CT molecular complexity index is 1860. The van der Waals surface area contributed by atoms with Crippen LogP contribution in [0.5, 0.6) is 11.5 Å². The maximum absolute atomic E-state index is 6.96. The van der Waals surface area contributed by atoms with Crippen molar-refractivity contribution in [3.63, 3.8) is 0 Å². The van der Waals surface area contributed by atoms with E-state index in [4.69, 9.17) is 9.47 Å². The number of unbranched alkanes of at least 4 members (excludes halogenated alkanes) is 2. The van der Waals surface area contributed by atoms with Gasteiger partial charge in [0.15, 0.2) is 0 Å². The van der Waals surface area contributed by atoms with E-state index in [1.807, 2.05) is 0 Å². The molecule has 0 spiro atoms. The maximum atomic E-state index is 6.96. The normalized spacial score (nSPS) is 11.6. The molecule has 0 saturated heterocycles. The Hall–Kier alpha value is -5.00. The number of rotatable bonds is 18. The number of hydrogen-bond donors (Lipinski definition) is 0. The number of ether oxygens (including phenoxy) is 2. The zero-order valence-electron chi connectivity index (χ0n) is 32.8. The molecule has 0 bridgehead atoms. The molecule has 4 heteroatoms. The largest absolute Gasteiger partial charge is 0.493 e. The minimum atomic E-state index is -2.22. The van der Waals surface area contributed by atoms with Crippen molar-refractivity contribution in [1.82, 2.24) is 0 Å². The van der Waals surface area contributed by atoms with Gasteiger partial charge in [0.1, 0.15) is 70.2 Å². The molecule has 0 aromatic heterocycles. The molecule has 0 saturated carbocycles. The summed E-state index contributed by atoms with van der Waals surface area (Å²) < 4.78 is 13.9. The highest BCUT2D eigenvalue weighted by atomic mass is 31.2. The van der Waals surface area contributed by atoms with Crippen LogP contribution in [-0.2, 0) is 12.3 Å². The van der Waals surface area contributed by atoms with Gasteiger partial charge >= 0.3 is 0 Å². The Kier molecular flexibility index (Phi) is 13.5. The standard InChI is InChI=1S/C52H54O2P2/c1-3-5-37-53-51-39-44(42-56(48-31-19-10-20-32-48,49-33-21-11-22-34-49)50-35-23-12-24-36-50)52(54-38-6-4-2)40-43(51)41-55(45-25-13-7-14-26-45,46-27-15-8-16-28-46)47-29-17-9-18-30-47/h7-36,39-40H,3-6,37-38,41-42H2,1-2H3/q+2. The van der Waals surface area contributed by atoms with Crippen LogP contribution in [0.3, 0.4) is 0 Å².